The number of hydrogen-bond acceptors (Lipinski definition) is 4. The molecule has 3 aromatic rings. The third kappa shape index (κ3) is 3.01. The zero-order valence-electron chi connectivity index (χ0n) is 13.9. The van der Waals surface area contributed by atoms with Gasteiger partial charge in [-0.05, 0) is 49.7 Å². The number of phenols is 1. The summed E-state index contributed by atoms with van der Waals surface area (Å²) < 4.78 is 7.01. The first-order valence-corrected chi connectivity index (χ1v) is 7.63. The van der Waals surface area contributed by atoms with Gasteiger partial charge in [0.2, 0.25) is 0 Å². The summed E-state index contributed by atoms with van der Waals surface area (Å²) in [5.74, 6) is 0.534. The summed E-state index contributed by atoms with van der Waals surface area (Å²) in [6, 6.07) is 15.1. The van der Waals surface area contributed by atoms with Crippen LogP contribution in [0.15, 0.2) is 53.5 Å². The van der Waals surface area contributed by atoms with Crippen molar-refractivity contribution in [3.05, 3.63) is 65.5 Å². The standard InChI is InChI=1S/C19H19N3O2/c1-13-19(14(2)22(21-13)16-7-5-4-6-8-16)20-12-15-9-10-17(23)18(11-15)24-3/h4-12,23H,1-3H3. The van der Waals surface area contributed by atoms with Crippen LogP contribution in [0.5, 0.6) is 11.5 Å². The van der Waals surface area contributed by atoms with Gasteiger partial charge in [0.1, 0.15) is 5.69 Å². The molecule has 5 nitrogen and oxygen atoms in total. The number of aromatic nitrogens is 2. The molecule has 1 N–H and O–H groups in total. The van der Waals surface area contributed by atoms with E-state index in [0.717, 1.165) is 28.3 Å². The van der Waals surface area contributed by atoms with Gasteiger partial charge < -0.3 is 9.84 Å². The van der Waals surface area contributed by atoms with Crippen LogP contribution < -0.4 is 4.74 Å². The molecule has 0 amide bonds. The highest BCUT2D eigenvalue weighted by Gasteiger charge is 2.11. The third-order valence-corrected chi connectivity index (χ3v) is 3.80. The van der Waals surface area contributed by atoms with E-state index in [1.807, 2.05) is 48.9 Å². The van der Waals surface area contributed by atoms with E-state index in [4.69, 9.17) is 4.74 Å². The van der Waals surface area contributed by atoms with Crippen molar-refractivity contribution in [1.82, 2.24) is 9.78 Å². The molecule has 0 radical (unpaired) electrons. The van der Waals surface area contributed by atoms with Crippen molar-refractivity contribution >= 4 is 11.9 Å². The number of aromatic hydroxyl groups is 1. The lowest BCUT2D eigenvalue weighted by atomic mass is 10.2. The van der Waals surface area contributed by atoms with Crippen molar-refractivity contribution < 1.29 is 9.84 Å². The Morgan fingerprint density at radius 2 is 1.88 bits per heavy atom. The van der Waals surface area contributed by atoms with E-state index >= 15 is 0 Å². The lowest BCUT2D eigenvalue weighted by Gasteiger charge is -2.04. The zero-order valence-corrected chi connectivity index (χ0v) is 13.9. The Kier molecular flexibility index (Phi) is 4.33. The fraction of sp³-hybridized carbons (Fsp3) is 0.158. The first kappa shape index (κ1) is 15.8. The molecule has 122 valence electrons. The van der Waals surface area contributed by atoms with Crippen LogP contribution in [0.3, 0.4) is 0 Å². The van der Waals surface area contributed by atoms with Crippen LogP contribution >= 0.6 is 0 Å². The van der Waals surface area contributed by atoms with Gasteiger partial charge in [0, 0.05) is 6.21 Å². The van der Waals surface area contributed by atoms with Gasteiger partial charge in [0.15, 0.2) is 11.5 Å². The van der Waals surface area contributed by atoms with E-state index in [1.54, 1.807) is 24.4 Å². The molecule has 0 atom stereocenters. The number of para-hydroxylation sites is 1. The Labute approximate surface area is 140 Å². The van der Waals surface area contributed by atoms with Gasteiger partial charge in [-0.3, -0.25) is 4.99 Å². The summed E-state index contributed by atoms with van der Waals surface area (Å²) >= 11 is 0. The van der Waals surface area contributed by atoms with Crippen molar-refractivity contribution in [3.8, 4) is 17.2 Å². The number of aliphatic imine (C=N–C) groups is 1. The molecule has 24 heavy (non-hydrogen) atoms. The SMILES string of the molecule is COc1cc(C=Nc2c(C)nn(-c3ccccc3)c2C)ccc1O. The topological polar surface area (TPSA) is 59.6 Å². The molecule has 0 aliphatic rings. The number of nitrogens with zero attached hydrogens (tertiary/aromatic N) is 3. The van der Waals surface area contributed by atoms with Gasteiger partial charge in [0.05, 0.1) is 24.2 Å². The molecule has 1 heterocycles. The fourth-order valence-corrected chi connectivity index (χ4v) is 2.56. The molecule has 0 aliphatic heterocycles. The maximum Gasteiger partial charge on any atom is 0.161 e. The average Bonchev–Trinajstić information content (AvgIpc) is 2.89. The van der Waals surface area contributed by atoms with Gasteiger partial charge in [0.25, 0.3) is 0 Å². The first-order chi connectivity index (χ1) is 11.6. The Morgan fingerprint density at radius 3 is 2.58 bits per heavy atom. The van der Waals surface area contributed by atoms with Crippen LogP contribution in [0.25, 0.3) is 5.69 Å². The molecule has 0 bridgehead atoms. The molecule has 0 saturated carbocycles. The Bertz CT molecular complexity index is 883. The summed E-state index contributed by atoms with van der Waals surface area (Å²) in [6.07, 6.45) is 1.74. The summed E-state index contributed by atoms with van der Waals surface area (Å²) in [5.41, 5.74) is 4.52. The second-order valence-corrected chi connectivity index (χ2v) is 5.46. The van der Waals surface area contributed by atoms with Crippen LogP contribution in [0, 0.1) is 13.8 Å². The number of aryl methyl sites for hydroxylation is 1. The Morgan fingerprint density at radius 1 is 1.12 bits per heavy atom. The normalized spacial score (nSPS) is 11.1. The fourth-order valence-electron chi connectivity index (χ4n) is 2.56. The van der Waals surface area contributed by atoms with E-state index in [9.17, 15) is 5.11 Å². The number of rotatable bonds is 4. The monoisotopic (exact) mass is 321 g/mol. The van der Waals surface area contributed by atoms with Gasteiger partial charge in [-0.2, -0.15) is 5.10 Å². The van der Waals surface area contributed by atoms with Gasteiger partial charge in [-0.15, -0.1) is 0 Å². The maximum absolute atomic E-state index is 9.65. The minimum atomic E-state index is 0.110. The number of benzene rings is 2. The van der Waals surface area contributed by atoms with Crippen LogP contribution in [0.2, 0.25) is 0 Å². The number of phenolic OH excluding ortho intramolecular Hbond substituents is 1. The second-order valence-electron chi connectivity index (χ2n) is 5.46. The van der Waals surface area contributed by atoms with E-state index < -0.39 is 0 Å². The summed E-state index contributed by atoms with van der Waals surface area (Å²) in [6.45, 7) is 3.94. The Balaban J connectivity index is 1.95. The average molecular weight is 321 g/mol. The molecule has 5 heteroatoms. The van der Waals surface area contributed by atoms with Crippen molar-refractivity contribution in [1.29, 1.82) is 0 Å². The van der Waals surface area contributed by atoms with Crippen molar-refractivity contribution in [2.24, 2.45) is 4.99 Å². The molecular formula is C19H19N3O2. The van der Waals surface area contributed by atoms with Gasteiger partial charge in [-0.1, -0.05) is 18.2 Å². The van der Waals surface area contributed by atoms with Crippen LogP contribution in [-0.4, -0.2) is 28.2 Å². The summed E-state index contributed by atoms with van der Waals surface area (Å²) in [4.78, 5) is 4.58. The summed E-state index contributed by atoms with van der Waals surface area (Å²) in [5, 5.41) is 14.2. The molecule has 0 saturated heterocycles. The highest BCUT2D eigenvalue weighted by atomic mass is 16.5. The van der Waals surface area contributed by atoms with Crippen molar-refractivity contribution in [3.63, 3.8) is 0 Å². The van der Waals surface area contributed by atoms with Gasteiger partial charge >= 0.3 is 0 Å². The minimum Gasteiger partial charge on any atom is -0.504 e. The molecule has 0 unspecified atom stereocenters. The quantitative estimate of drug-likeness (QED) is 0.740. The van der Waals surface area contributed by atoms with Crippen molar-refractivity contribution in [2.75, 3.05) is 7.11 Å². The number of ether oxygens (including phenoxy) is 1. The first-order valence-electron chi connectivity index (χ1n) is 7.63. The predicted octanol–water partition coefficient (Wildman–Crippen LogP) is 3.95. The number of hydrogen-bond donors (Lipinski definition) is 1. The smallest absolute Gasteiger partial charge is 0.161 e. The minimum absolute atomic E-state index is 0.110. The van der Waals surface area contributed by atoms with Crippen LogP contribution in [-0.2, 0) is 0 Å². The highest BCUT2D eigenvalue weighted by Crippen LogP contribution is 2.28. The molecule has 2 aromatic carbocycles. The van der Waals surface area contributed by atoms with Crippen LogP contribution in [0.4, 0.5) is 5.69 Å². The van der Waals surface area contributed by atoms with Crippen LogP contribution in [0.1, 0.15) is 17.0 Å². The third-order valence-electron chi connectivity index (χ3n) is 3.80. The second kappa shape index (κ2) is 6.58. The molecule has 0 aliphatic carbocycles. The van der Waals surface area contributed by atoms with Crippen molar-refractivity contribution in [2.45, 2.75) is 13.8 Å². The molecule has 0 fully saturated rings. The van der Waals surface area contributed by atoms with E-state index in [0.29, 0.717) is 5.75 Å². The molecule has 1 aromatic heterocycles. The highest BCUT2D eigenvalue weighted by molar-refractivity contribution is 5.83. The van der Waals surface area contributed by atoms with E-state index in [1.165, 1.54) is 7.11 Å². The largest absolute Gasteiger partial charge is 0.504 e. The molecule has 0 spiro atoms. The summed E-state index contributed by atoms with van der Waals surface area (Å²) in [7, 11) is 1.52. The van der Waals surface area contributed by atoms with E-state index in [-0.39, 0.29) is 5.75 Å². The van der Waals surface area contributed by atoms with E-state index in [2.05, 4.69) is 10.1 Å². The zero-order chi connectivity index (χ0) is 17.1. The molecular weight excluding hydrogens is 302 g/mol. The number of methoxy groups -OCH3 is 1. The molecule has 3 rings (SSSR count). The lowest BCUT2D eigenvalue weighted by molar-refractivity contribution is 0.373. The Hall–Kier alpha value is -3.08. The predicted molar refractivity (Wildman–Crippen MR) is 95.0 cm³/mol. The lowest BCUT2D eigenvalue weighted by Crippen LogP contribution is -1.98. The van der Waals surface area contributed by atoms with Gasteiger partial charge in [-0.25, -0.2) is 4.68 Å². The maximum atomic E-state index is 9.65.